The highest BCUT2D eigenvalue weighted by Gasteiger charge is 2.14. The summed E-state index contributed by atoms with van der Waals surface area (Å²) in [5.41, 5.74) is 7.05. The number of phenols is 1. The summed E-state index contributed by atoms with van der Waals surface area (Å²) in [6, 6.07) is 10.9. The van der Waals surface area contributed by atoms with E-state index in [9.17, 15) is 14.7 Å². The summed E-state index contributed by atoms with van der Waals surface area (Å²) in [6.07, 6.45) is 0. The molecule has 0 aromatic heterocycles. The van der Waals surface area contributed by atoms with E-state index in [1.54, 1.807) is 37.3 Å². The molecule has 5 nitrogen and oxygen atoms in total. The summed E-state index contributed by atoms with van der Waals surface area (Å²) in [5, 5.41) is 11.9. The molecule has 2 aromatic carbocycles. The highest BCUT2D eigenvalue weighted by molar-refractivity contribution is 6.07. The van der Waals surface area contributed by atoms with Crippen LogP contribution >= 0.6 is 0 Å². The van der Waals surface area contributed by atoms with Gasteiger partial charge in [0.2, 0.25) is 5.91 Å². The van der Waals surface area contributed by atoms with E-state index in [2.05, 4.69) is 5.32 Å². The van der Waals surface area contributed by atoms with Crippen molar-refractivity contribution in [2.24, 2.45) is 5.73 Å². The molecule has 5 heteroatoms. The number of hydrogen-bond acceptors (Lipinski definition) is 3. The second kappa shape index (κ2) is 5.44. The Bertz CT molecular complexity index is 663. The Morgan fingerprint density at radius 1 is 1.05 bits per heavy atom. The highest BCUT2D eigenvalue weighted by atomic mass is 16.3. The van der Waals surface area contributed by atoms with Gasteiger partial charge in [0.05, 0.1) is 0 Å². The molecular formula is C15H14N2O3. The number of anilines is 1. The lowest BCUT2D eigenvalue weighted by Gasteiger charge is -2.10. The van der Waals surface area contributed by atoms with Gasteiger partial charge in [-0.05, 0) is 48.9 Å². The fraction of sp³-hybridized carbons (Fsp3) is 0.0667. The Hall–Kier alpha value is -2.82. The normalized spacial score (nSPS) is 10.1. The van der Waals surface area contributed by atoms with Gasteiger partial charge in [0.15, 0.2) is 0 Å². The third-order valence-corrected chi connectivity index (χ3v) is 2.97. The average molecular weight is 270 g/mol. The van der Waals surface area contributed by atoms with E-state index >= 15 is 0 Å². The fourth-order valence-electron chi connectivity index (χ4n) is 1.89. The summed E-state index contributed by atoms with van der Waals surface area (Å²) in [7, 11) is 0. The van der Waals surface area contributed by atoms with Crippen molar-refractivity contribution in [3.05, 3.63) is 59.2 Å². The van der Waals surface area contributed by atoms with Crippen molar-refractivity contribution in [3.63, 3.8) is 0 Å². The van der Waals surface area contributed by atoms with Crippen molar-refractivity contribution in [2.75, 3.05) is 5.32 Å². The highest BCUT2D eigenvalue weighted by Crippen LogP contribution is 2.17. The summed E-state index contributed by atoms with van der Waals surface area (Å²) in [4.78, 5) is 23.4. The van der Waals surface area contributed by atoms with Crippen LogP contribution < -0.4 is 11.1 Å². The average Bonchev–Trinajstić information content (AvgIpc) is 2.41. The van der Waals surface area contributed by atoms with Crippen molar-refractivity contribution < 1.29 is 14.7 Å². The predicted molar refractivity (Wildman–Crippen MR) is 75.8 cm³/mol. The van der Waals surface area contributed by atoms with Gasteiger partial charge < -0.3 is 16.2 Å². The zero-order valence-electron chi connectivity index (χ0n) is 10.9. The van der Waals surface area contributed by atoms with Crippen LogP contribution in [0.25, 0.3) is 0 Å². The fourth-order valence-corrected chi connectivity index (χ4v) is 1.89. The summed E-state index contributed by atoms with van der Waals surface area (Å²) < 4.78 is 0. The molecule has 0 atom stereocenters. The molecule has 2 amide bonds. The molecule has 0 spiro atoms. The number of carbonyl (C=O) groups excluding carboxylic acids is 2. The van der Waals surface area contributed by atoms with Gasteiger partial charge in [-0.25, -0.2) is 0 Å². The van der Waals surface area contributed by atoms with Crippen molar-refractivity contribution in [2.45, 2.75) is 6.92 Å². The number of rotatable bonds is 3. The van der Waals surface area contributed by atoms with E-state index in [0.29, 0.717) is 22.4 Å². The molecule has 0 saturated carbocycles. The van der Waals surface area contributed by atoms with Crippen LogP contribution in [0.2, 0.25) is 0 Å². The Morgan fingerprint density at radius 3 is 2.25 bits per heavy atom. The molecule has 0 aliphatic heterocycles. The lowest BCUT2D eigenvalue weighted by Crippen LogP contribution is -2.18. The molecular weight excluding hydrogens is 256 g/mol. The molecule has 0 fully saturated rings. The third-order valence-electron chi connectivity index (χ3n) is 2.97. The smallest absolute Gasteiger partial charge is 0.255 e. The molecule has 2 aromatic rings. The van der Waals surface area contributed by atoms with Crippen LogP contribution in [0.5, 0.6) is 5.75 Å². The van der Waals surface area contributed by atoms with Gasteiger partial charge in [-0.2, -0.15) is 0 Å². The largest absolute Gasteiger partial charge is 0.508 e. The third kappa shape index (κ3) is 2.77. The quantitative estimate of drug-likeness (QED) is 0.745. The number of carbonyl (C=O) groups is 2. The van der Waals surface area contributed by atoms with Gasteiger partial charge in [-0.3, -0.25) is 9.59 Å². The molecule has 102 valence electrons. The number of hydrogen-bond donors (Lipinski definition) is 3. The molecule has 0 bridgehead atoms. The monoisotopic (exact) mass is 270 g/mol. The number of amides is 2. The number of nitrogens with one attached hydrogen (secondary N) is 1. The first-order valence-electron chi connectivity index (χ1n) is 5.99. The van der Waals surface area contributed by atoms with E-state index in [1.165, 1.54) is 12.1 Å². The number of aromatic hydroxyl groups is 1. The molecule has 4 N–H and O–H groups in total. The van der Waals surface area contributed by atoms with Crippen LogP contribution in [0, 0.1) is 6.92 Å². The number of nitrogens with two attached hydrogens (primary N) is 1. The molecule has 0 saturated heterocycles. The van der Waals surface area contributed by atoms with Crippen LogP contribution in [-0.2, 0) is 0 Å². The molecule has 20 heavy (non-hydrogen) atoms. The lowest BCUT2D eigenvalue weighted by atomic mass is 10.0. The second-order valence-corrected chi connectivity index (χ2v) is 4.34. The zero-order chi connectivity index (χ0) is 14.7. The standard InChI is InChI=1S/C15H14N2O3/c1-9-12(14(16)19)3-2-4-13(9)15(20)17-10-5-7-11(18)8-6-10/h2-8,18H,1H3,(H2,16,19)(H,17,20). The van der Waals surface area contributed by atoms with Gasteiger partial charge in [0.1, 0.15) is 5.75 Å². The van der Waals surface area contributed by atoms with Gasteiger partial charge in [0.25, 0.3) is 5.91 Å². The Balaban J connectivity index is 2.28. The molecule has 2 rings (SSSR count). The first kappa shape index (κ1) is 13.6. The van der Waals surface area contributed by atoms with Gasteiger partial charge in [0, 0.05) is 16.8 Å². The number of phenolic OH excluding ortho intramolecular Hbond substituents is 1. The van der Waals surface area contributed by atoms with E-state index in [1.807, 2.05) is 0 Å². The first-order chi connectivity index (χ1) is 9.49. The van der Waals surface area contributed by atoms with Crippen LogP contribution in [0.15, 0.2) is 42.5 Å². The molecule has 0 radical (unpaired) electrons. The van der Waals surface area contributed by atoms with E-state index < -0.39 is 5.91 Å². The van der Waals surface area contributed by atoms with Gasteiger partial charge >= 0.3 is 0 Å². The molecule has 0 aliphatic rings. The molecule has 0 aliphatic carbocycles. The minimum Gasteiger partial charge on any atom is -0.508 e. The topological polar surface area (TPSA) is 92.4 Å². The zero-order valence-corrected chi connectivity index (χ0v) is 10.9. The predicted octanol–water partition coefficient (Wildman–Crippen LogP) is 2.05. The Morgan fingerprint density at radius 2 is 1.65 bits per heavy atom. The maximum atomic E-state index is 12.2. The van der Waals surface area contributed by atoms with Crippen LogP contribution in [0.3, 0.4) is 0 Å². The number of primary amides is 1. The van der Waals surface area contributed by atoms with Crippen molar-refractivity contribution in [1.82, 2.24) is 0 Å². The van der Waals surface area contributed by atoms with Crippen molar-refractivity contribution >= 4 is 17.5 Å². The Kier molecular flexibility index (Phi) is 3.70. The lowest BCUT2D eigenvalue weighted by molar-refractivity contribution is 0.0999. The van der Waals surface area contributed by atoms with Crippen molar-refractivity contribution in [1.29, 1.82) is 0 Å². The van der Waals surface area contributed by atoms with Crippen LogP contribution in [0.4, 0.5) is 5.69 Å². The van der Waals surface area contributed by atoms with E-state index in [-0.39, 0.29) is 11.7 Å². The minimum absolute atomic E-state index is 0.120. The van der Waals surface area contributed by atoms with Gasteiger partial charge in [-0.15, -0.1) is 0 Å². The Labute approximate surface area is 116 Å². The molecule has 0 unspecified atom stereocenters. The molecule has 0 heterocycles. The maximum absolute atomic E-state index is 12.2. The maximum Gasteiger partial charge on any atom is 0.255 e. The van der Waals surface area contributed by atoms with E-state index in [4.69, 9.17) is 5.73 Å². The SMILES string of the molecule is Cc1c(C(N)=O)cccc1C(=O)Nc1ccc(O)cc1. The summed E-state index contributed by atoms with van der Waals surface area (Å²) in [5.74, 6) is -0.784. The minimum atomic E-state index is -0.568. The summed E-state index contributed by atoms with van der Waals surface area (Å²) in [6.45, 7) is 1.67. The van der Waals surface area contributed by atoms with E-state index in [0.717, 1.165) is 0 Å². The van der Waals surface area contributed by atoms with Crippen molar-refractivity contribution in [3.8, 4) is 5.75 Å². The van der Waals surface area contributed by atoms with Crippen LogP contribution in [-0.4, -0.2) is 16.9 Å². The number of benzene rings is 2. The summed E-state index contributed by atoms with van der Waals surface area (Å²) >= 11 is 0. The van der Waals surface area contributed by atoms with Gasteiger partial charge in [-0.1, -0.05) is 6.07 Å². The van der Waals surface area contributed by atoms with Crippen LogP contribution in [0.1, 0.15) is 26.3 Å². The first-order valence-corrected chi connectivity index (χ1v) is 5.99. The second-order valence-electron chi connectivity index (χ2n) is 4.34.